The number of nitrogens with zero attached hydrogens (tertiary/aromatic N) is 1. The Hall–Kier alpha value is -0.890. The predicted octanol–water partition coefficient (Wildman–Crippen LogP) is 2.55. The Labute approximate surface area is 92.1 Å². The number of nitrogens with one attached hydrogen (secondary N) is 1. The zero-order valence-electron chi connectivity index (χ0n) is 9.28. The van der Waals surface area contributed by atoms with Gasteiger partial charge < -0.3 is 5.32 Å². The molecule has 0 atom stereocenters. The third-order valence-electron chi connectivity index (χ3n) is 3.15. The van der Waals surface area contributed by atoms with E-state index in [4.69, 9.17) is 0 Å². The van der Waals surface area contributed by atoms with Crippen molar-refractivity contribution in [1.82, 2.24) is 10.3 Å². The Morgan fingerprint density at radius 2 is 2.20 bits per heavy atom. The average Bonchev–Trinajstić information content (AvgIpc) is 2.79. The van der Waals surface area contributed by atoms with Crippen LogP contribution in [0.2, 0.25) is 0 Å². The van der Waals surface area contributed by atoms with E-state index in [2.05, 4.69) is 16.4 Å². The predicted molar refractivity (Wildman–Crippen MR) is 62.8 cm³/mol. The van der Waals surface area contributed by atoms with E-state index in [1.807, 2.05) is 18.5 Å². The Balaban J connectivity index is 1.59. The van der Waals surface area contributed by atoms with Crippen molar-refractivity contribution in [2.75, 3.05) is 6.54 Å². The molecule has 82 valence electrons. The lowest BCUT2D eigenvalue weighted by Gasteiger charge is -2.11. The van der Waals surface area contributed by atoms with Crippen molar-refractivity contribution >= 4 is 0 Å². The maximum Gasteiger partial charge on any atom is 0.0299 e. The topological polar surface area (TPSA) is 24.9 Å². The van der Waals surface area contributed by atoms with E-state index in [1.165, 1.54) is 37.7 Å². The molecule has 0 spiro atoms. The fourth-order valence-corrected chi connectivity index (χ4v) is 2.27. The molecule has 1 aromatic rings. The smallest absolute Gasteiger partial charge is 0.0299 e. The van der Waals surface area contributed by atoms with Crippen LogP contribution in [0.5, 0.6) is 0 Å². The second kappa shape index (κ2) is 5.86. The third-order valence-corrected chi connectivity index (χ3v) is 3.15. The molecule has 0 bridgehead atoms. The van der Waals surface area contributed by atoms with Crippen LogP contribution >= 0.6 is 0 Å². The van der Waals surface area contributed by atoms with Gasteiger partial charge in [-0.3, -0.25) is 4.98 Å². The molecule has 0 amide bonds. The van der Waals surface area contributed by atoms with E-state index < -0.39 is 0 Å². The molecule has 1 aromatic heterocycles. The second-order valence-corrected chi connectivity index (χ2v) is 4.40. The molecule has 1 N–H and O–H groups in total. The van der Waals surface area contributed by atoms with Gasteiger partial charge in [0, 0.05) is 18.4 Å². The summed E-state index contributed by atoms with van der Waals surface area (Å²) in [5, 5.41) is 3.63. The van der Waals surface area contributed by atoms with Crippen LogP contribution in [0.25, 0.3) is 0 Å². The summed E-state index contributed by atoms with van der Waals surface area (Å²) in [6, 6.07) is 4.97. The van der Waals surface area contributed by atoms with Crippen LogP contribution < -0.4 is 5.32 Å². The van der Waals surface area contributed by atoms with Gasteiger partial charge in [0.2, 0.25) is 0 Å². The number of hydrogen-bond acceptors (Lipinski definition) is 2. The summed E-state index contributed by atoms with van der Waals surface area (Å²) in [6.45, 7) is 1.15. The lowest BCUT2D eigenvalue weighted by molar-refractivity contribution is 0.515. The van der Waals surface area contributed by atoms with Crippen molar-refractivity contribution in [3.05, 3.63) is 30.1 Å². The third kappa shape index (κ3) is 3.63. The summed E-state index contributed by atoms with van der Waals surface area (Å²) in [6.07, 6.45) is 11.8. The van der Waals surface area contributed by atoms with Crippen LogP contribution in [0, 0.1) is 0 Å². The molecule has 1 aliphatic rings. The number of aryl methyl sites for hydroxylation is 1. The molecule has 1 heterocycles. The van der Waals surface area contributed by atoms with E-state index in [0.717, 1.165) is 19.0 Å². The van der Waals surface area contributed by atoms with Gasteiger partial charge in [-0.05, 0) is 43.9 Å². The quantitative estimate of drug-likeness (QED) is 0.746. The lowest BCUT2D eigenvalue weighted by Crippen LogP contribution is -2.27. The Kier molecular flexibility index (Phi) is 4.15. The second-order valence-electron chi connectivity index (χ2n) is 4.40. The van der Waals surface area contributed by atoms with Crippen LogP contribution in [0.3, 0.4) is 0 Å². The normalized spacial score (nSPS) is 17.1. The highest BCUT2D eigenvalue weighted by atomic mass is 14.9. The van der Waals surface area contributed by atoms with Crippen LogP contribution in [0.4, 0.5) is 0 Å². The fraction of sp³-hybridized carbons (Fsp3) is 0.615. The molecule has 1 fully saturated rings. The molecule has 0 radical (unpaired) electrons. The molecule has 0 unspecified atom stereocenters. The number of pyridine rings is 1. The lowest BCUT2D eigenvalue weighted by atomic mass is 10.1. The van der Waals surface area contributed by atoms with E-state index in [9.17, 15) is 0 Å². The monoisotopic (exact) mass is 204 g/mol. The zero-order valence-corrected chi connectivity index (χ0v) is 9.28. The summed E-state index contributed by atoms with van der Waals surface area (Å²) in [4.78, 5) is 4.12. The largest absolute Gasteiger partial charge is 0.314 e. The van der Waals surface area contributed by atoms with Crippen molar-refractivity contribution in [1.29, 1.82) is 0 Å². The molecule has 2 nitrogen and oxygen atoms in total. The van der Waals surface area contributed by atoms with Crippen LogP contribution in [-0.2, 0) is 6.42 Å². The Morgan fingerprint density at radius 1 is 1.33 bits per heavy atom. The summed E-state index contributed by atoms with van der Waals surface area (Å²) in [7, 11) is 0. The molecule has 2 rings (SSSR count). The summed E-state index contributed by atoms with van der Waals surface area (Å²) in [5.74, 6) is 0. The Morgan fingerprint density at radius 3 is 2.93 bits per heavy atom. The molecule has 2 heteroatoms. The first-order valence-electron chi connectivity index (χ1n) is 6.07. The van der Waals surface area contributed by atoms with Gasteiger partial charge in [0.1, 0.15) is 0 Å². The molecule has 0 aliphatic heterocycles. The van der Waals surface area contributed by atoms with Gasteiger partial charge in [-0.2, -0.15) is 0 Å². The van der Waals surface area contributed by atoms with E-state index >= 15 is 0 Å². The molecular formula is C13H20N2. The molecular weight excluding hydrogens is 184 g/mol. The van der Waals surface area contributed by atoms with Gasteiger partial charge in [-0.25, -0.2) is 0 Å². The van der Waals surface area contributed by atoms with Crippen molar-refractivity contribution in [2.24, 2.45) is 0 Å². The highest BCUT2D eigenvalue weighted by Crippen LogP contribution is 2.17. The van der Waals surface area contributed by atoms with Crippen LogP contribution in [0.1, 0.15) is 37.7 Å². The first-order chi connectivity index (χ1) is 7.45. The van der Waals surface area contributed by atoms with Crippen molar-refractivity contribution < 1.29 is 0 Å². The highest BCUT2D eigenvalue weighted by molar-refractivity contribution is 5.08. The maximum atomic E-state index is 4.12. The minimum absolute atomic E-state index is 0.805. The Bertz CT molecular complexity index is 265. The molecule has 0 aromatic carbocycles. The molecule has 1 saturated carbocycles. The van der Waals surface area contributed by atoms with Gasteiger partial charge in [-0.1, -0.05) is 18.9 Å². The highest BCUT2D eigenvalue weighted by Gasteiger charge is 2.12. The number of hydrogen-bond donors (Lipinski definition) is 1. The van der Waals surface area contributed by atoms with Crippen LogP contribution in [-0.4, -0.2) is 17.6 Å². The number of aromatic nitrogens is 1. The van der Waals surface area contributed by atoms with Gasteiger partial charge in [0.25, 0.3) is 0 Å². The SMILES string of the molecule is c1cncc(CCCNC2CCCC2)c1. The average molecular weight is 204 g/mol. The minimum Gasteiger partial charge on any atom is -0.314 e. The fourth-order valence-electron chi connectivity index (χ4n) is 2.27. The molecule has 0 saturated heterocycles. The van der Waals surface area contributed by atoms with E-state index in [-0.39, 0.29) is 0 Å². The first kappa shape index (κ1) is 10.6. The maximum absolute atomic E-state index is 4.12. The van der Waals surface area contributed by atoms with Crippen molar-refractivity contribution in [2.45, 2.75) is 44.6 Å². The summed E-state index contributed by atoms with van der Waals surface area (Å²) in [5.41, 5.74) is 1.35. The molecule has 1 aliphatic carbocycles. The van der Waals surface area contributed by atoms with E-state index in [0.29, 0.717) is 0 Å². The standard InChI is InChI=1S/C13H20N2/c1-2-8-13(7-1)15-10-4-6-12-5-3-9-14-11-12/h3,5,9,11,13,15H,1-2,4,6-8,10H2. The van der Waals surface area contributed by atoms with Gasteiger partial charge >= 0.3 is 0 Å². The van der Waals surface area contributed by atoms with Gasteiger partial charge in [-0.15, -0.1) is 0 Å². The van der Waals surface area contributed by atoms with Gasteiger partial charge in [0.15, 0.2) is 0 Å². The van der Waals surface area contributed by atoms with E-state index in [1.54, 1.807) is 0 Å². The summed E-state index contributed by atoms with van der Waals surface area (Å²) < 4.78 is 0. The minimum atomic E-state index is 0.805. The first-order valence-corrected chi connectivity index (χ1v) is 6.07. The summed E-state index contributed by atoms with van der Waals surface area (Å²) >= 11 is 0. The molecule has 15 heavy (non-hydrogen) atoms. The van der Waals surface area contributed by atoms with Crippen LogP contribution in [0.15, 0.2) is 24.5 Å². The number of rotatable bonds is 5. The van der Waals surface area contributed by atoms with Crippen molar-refractivity contribution in [3.8, 4) is 0 Å². The van der Waals surface area contributed by atoms with Crippen molar-refractivity contribution in [3.63, 3.8) is 0 Å². The zero-order chi connectivity index (χ0) is 10.3. The van der Waals surface area contributed by atoms with Gasteiger partial charge in [0.05, 0.1) is 0 Å².